The first-order valence-corrected chi connectivity index (χ1v) is 7.42. The fourth-order valence-corrected chi connectivity index (χ4v) is 3.42. The summed E-state index contributed by atoms with van der Waals surface area (Å²) in [5, 5.41) is 1.06. The van der Waals surface area contributed by atoms with Crippen LogP contribution in [0.5, 0.6) is 0 Å². The van der Waals surface area contributed by atoms with E-state index in [-0.39, 0.29) is 0 Å². The minimum Gasteiger partial charge on any atom is -0.382 e. The third-order valence-electron chi connectivity index (χ3n) is 3.90. The maximum absolute atomic E-state index is 6.23. The number of hydrogen-bond acceptors (Lipinski definition) is 3. The van der Waals surface area contributed by atoms with Crippen LogP contribution in [0.1, 0.15) is 37.4 Å². The van der Waals surface area contributed by atoms with Gasteiger partial charge >= 0.3 is 0 Å². The maximum Gasteiger partial charge on any atom is 0.150 e. The minimum atomic E-state index is 0.373. The van der Waals surface area contributed by atoms with Crippen molar-refractivity contribution >= 4 is 29.0 Å². The van der Waals surface area contributed by atoms with E-state index in [1.54, 1.807) is 18.2 Å². The van der Waals surface area contributed by atoms with E-state index in [4.69, 9.17) is 34.8 Å². The van der Waals surface area contributed by atoms with Gasteiger partial charge in [0.1, 0.15) is 11.5 Å². The van der Waals surface area contributed by atoms with E-state index in [1.165, 1.54) is 17.5 Å². The fraction of sp³-hybridized carbons (Fsp3) is 0.357. The number of nitrogens with two attached hydrogens (primary N) is 2. The molecule has 4 nitrogen and oxygen atoms in total. The predicted molar refractivity (Wildman–Crippen MR) is 83.5 cm³/mol. The molecule has 4 N–H and O–H groups in total. The molecule has 0 aliphatic heterocycles. The number of nitrogen functional groups attached to an aromatic ring is 2. The van der Waals surface area contributed by atoms with Gasteiger partial charge in [-0.25, -0.2) is 9.66 Å². The zero-order valence-corrected chi connectivity index (χ0v) is 12.5. The molecular weight excluding hydrogens is 295 g/mol. The van der Waals surface area contributed by atoms with Crippen LogP contribution in [-0.2, 0) is 0 Å². The zero-order valence-electron chi connectivity index (χ0n) is 10.9. The van der Waals surface area contributed by atoms with Crippen LogP contribution in [0.25, 0.3) is 11.3 Å². The highest BCUT2D eigenvalue weighted by atomic mass is 35.5. The average molecular weight is 311 g/mol. The maximum atomic E-state index is 6.23. The van der Waals surface area contributed by atoms with Crippen molar-refractivity contribution in [3.8, 4) is 11.3 Å². The third kappa shape index (κ3) is 2.13. The molecule has 0 spiro atoms. The SMILES string of the molecule is Nc1c(-c2c(Cl)cccc2Cl)nc(C2CCCC2)n1N. The molecule has 6 heteroatoms. The predicted octanol–water partition coefficient (Wildman–Crippen LogP) is 3.81. The standard InChI is InChI=1S/C14H16Cl2N4/c15-9-6-3-7-10(16)11(9)12-13(17)20(18)14(19-12)8-4-1-2-5-8/h3,6-8H,1-2,4-5,17-18H2. The van der Waals surface area contributed by atoms with Crippen LogP contribution in [0.2, 0.25) is 10.0 Å². The van der Waals surface area contributed by atoms with Crippen LogP contribution >= 0.6 is 23.2 Å². The molecule has 0 atom stereocenters. The molecule has 20 heavy (non-hydrogen) atoms. The molecule has 0 amide bonds. The van der Waals surface area contributed by atoms with Gasteiger partial charge < -0.3 is 11.6 Å². The number of aromatic nitrogens is 2. The summed E-state index contributed by atoms with van der Waals surface area (Å²) >= 11 is 12.5. The van der Waals surface area contributed by atoms with E-state index >= 15 is 0 Å². The Balaban J connectivity index is 2.13. The van der Waals surface area contributed by atoms with Gasteiger partial charge in [0.15, 0.2) is 5.82 Å². The van der Waals surface area contributed by atoms with Crippen LogP contribution in [0.3, 0.4) is 0 Å². The number of benzene rings is 1. The molecule has 1 aliphatic carbocycles. The Hall–Kier alpha value is -1.39. The summed E-state index contributed by atoms with van der Waals surface area (Å²) in [6, 6.07) is 5.33. The Morgan fingerprint density at radius 3 is 2.35 bits per heavy atom. The molecule has 1 aromatic heterocycles. The van der Waals surface area contributed by atoms with E-state index < -0.39 is 0 Å². The van der Waals surface area contributed by atoms with Crippen LogP contribution in [0.15, 0.2) is 18.2 Å². The van der Waals surface area contributed by atoms with Gasteiger partial charge in [0.25, 0.3) is 0 Å². The van der Waals surface area contributed by atoms with Crippen molar-refractivity contribution in [3.63, 3.8) is 0 Å². The first kappa shape index (κ1) is 13.6. The highest BCUT2D eigenvalue weighted by molar-refractivity contribution is 6.39. The van der Waals surface area contributed by atoms with Gasteiger partial charge in [-0.3, -0.25) is 0 Å². The molecule has 2 aromatic rings. The zero-order chi connectivity index (χ0) is 14.3. The van der Waals surface area contributed by atoms with Crippen molar-refractivity contribution < 1.29 is 0 Å². The number of anilines is 1. The second-order valence-corrected chi connectivity index (χ2v) is 5.97. The van der Waals surface area contributed by atoms with Gasteiger partial charge in [0.2, 0.25) is 0 Å². The van der Waals surface area contributed by atoms with E-state index in [9.17, 15) is 0 Å². The summed E-state index contributed by atoms with van der Waals surface area (Å²) in [6.45, 7) is 0. The summed E-state index contributed by atoms with van der Waals surface area (Å²) in [5.74, 6) is 7.67. The number of imidazole rings is 1. The molecule has 0 radical (unpaired) electrons. The summed E-state index contributed by atoms with van der Waals surface area (Å²) in [6.07, 6.45) is 4.62. The highest BCUT2D eigenvalue weighted by Crippen LogP contribution is 2.40. The van der Waals surface area contributed by atoms with Gasteiger partial charge in [0.05, 0.1) is 10.0 Å². The van der Waals surface area contributed by atoms with Crippen molar-refractivity contribution in [1.29, 1.82) is 0 Å². The first-order valence-electron chi connectivity index (χ1n) is 6.67. The van der Waals surface area contributed by atoms with E-state index in [1.807, 2.05) is 0 Å². The van der Waals surface area contributed by atoms with Crippen molar-refractivity contribution in [2.75, 3.05) is 11.6 Å². The molecule has 1 saturated carbocycles. The van der Waals surface area contributed by atoms with Crippen LogP contribution in [-0.4, -0.2) is 9.66 Å². The van der Waals surface area contributed by atoms with Crippen LogP contribution in [0.4, 0.5) is 5.82 Å². The number of rotatable bonds is 2. The van der Waals surface area contributed by atoms with Gasteiger partial charge in [-0.1, -0.05) is 42.1 Å². The Morgan fingerprint density at radius 1 is 1.15 bits per heavy atom. The topological polar surface area (TPSA) is 69.9 Å². The lowest BCUT2D eigenvalue weighted by Crippen LogP contribution is -2.17. The molecule has 1 aliphatic rings. The van der Waals surface area contributed by atoms with Gasteiger partial charge in [-0.2, -0.15) is 0 Å². The summed E-state index contributed by atoms with van der Waals surface area (Å²) in [4.78, 5) is 4.63. The third-order valence-corrected chi connectivity index (χ3v) is 4.53. The Bertz CT molecular complexity index is 625. The van der Waals surface area contributed by atoms with Crippen LogP contribution in [0, 0.1) is 0 Å². The lowest BCUT2D eigenvalue weighted by molar-refractivity contribution is 0.648. The van der Waals surface area contributed by atoms with E-state index in [0.29, 0.717) is 33.0 Å². The monoisotopic (exact) mass is 310 g/mol. The van der Waals surface area contributed by atoms with Crippen LogP contribution < -0.4 is 11.6 Å². The summed E-state index contributed by atoms with van der Waals surface area (Å²) < 4.78 is 1.48. The van der Waals surface area contributed by atoms with Gasteiger partial charge in [-0.15, -0.1) is 0 Å². The smallest absolute Gasteiger partial charge is 0.150 e. The van der Waals surface area contributed by atoms with Crippen molar-refractivity contribution in [1.82, 2.24) is 9.66 Å². The van der Waals surface area contributed by atoms with Gasteiger partial charge in [0, 0.05) is 11.5 Å². The largest absolute Gasteiger partial charge is 0.382 e. The molecule has 0 bridgehead atoms. The van der Waals surface area contributed by atoms with Crippen molar-refractivity contribution in [2.24, 2.45) is 0 Å². The molecule has 1 fully saturated rings. The lowest BCUT2D eigenvalue weighted by Gasteiger charge is -2.08. The molecular formula is C14H16Cl2N4. The van der Waals surface area contributed by atoms with Gasteiger partial charge in [-0.05, 0) is 25.0 Å². The Kier molecular flexibility index (Phi) is 3.52. The van der Waals surface area contributed by atoms with Crippen molar-refractivity contribution in [3.05, 3.63) is 34.1 Å². The number of halogens is 2. The summed E-state index contributed by atoms with van der Waals surface area (Å²) in [7, 11) is 0. The average Bonchev–Trinajstić information content (AvgIpc) is 3.02. The lowest BCUT2D eigenvalue weighted by atomic mass is 10.1. The molecule has 0 unspecified atom stereocenters. The quantitative estimate of drug-likeness (QED) is 0.829. The molecule has 106 valence electrons. The van der Waals surface area contributed by atoms with Crippen molar-refractivity contribution in [2.45, 2.75) is 31.6 Å². The first-order chi connectivity index (χ1) is 9.59. The second-order valence-electron chi connectivity index (χ2n) is 5.15. The second kappa shape index (κ2) is 5.19. The molecule has 0 saturated heterocycles. The Morgan fingerprint density at radius 2 is 1.75 bits per heavy atom. The Labute approximate surface area is 127 Å². The highest BCUT2D eigenvalue weighted by Gasteiger charge is 2.26. The van der Waals surface area contributed by atoms with E-state index in [0.717, 1.165) is 18.7 Å². The normalized spacial score (nSPS) is 15.9. The minimum absolute atomic E-state index is 0.373. The van der Waals surface area contributed by atoms with E-state index in [2.05, 4.69) is 4.98 Å². The molecule has 3 rings (SSSR count). The number of nitrogens with zero attached hydrogens (tertiary/aromatic N) is 2. The molecule has 1 aromatic carbocycles. The number of hydrogen-bond donors (Lipinski definition) is 2. The fourth-order valence-electron chi connectivity index (χ4n) is 2.84. The molecule has 1 heterocycles. The summed E-state index contributed by atoms with van der Waals surface area (Å²) in [5.41, 5.74) is 7.32.